The lowest BCUT2D eigenvalue weighted by Crippen LogP contribution is -2.25. The second kappa shape index (κ2) is 7.94. The summed E-state index contributed by atoms with van der Waals surface area (Å²) in [5.41, 5.74) is 0.939. The predicted molar refractivity (Wildman–Crippen MR) is 87.3 cm³/mol. The lowest BCUT2D eigenvalue weighted by Gasteiger charge is -2.12. The van der Waals surface area contributed by atoms with Gasteiger partial charge in [-0.15, -0.1) is 0 Å². The summed E-state index contributed by atoms with van der Waals surface area (Å²) in [5.74, 6) is 0.789. The number of hydrogen-bond acceptors (Lipinski definition) is 5. The molecule has 0 saturated carbocycles. The highest BCUT2D eigenvalue weighted by Gasteiger charge is 2.19. The molecule has 0 aliphatic heterocycles. The van der Waals surface area contributed by atoms with Crippen LogP contribution in [0.15, 0.2) is 47.5 Å². The van der Waals surface area contributed by atoms with E-state index >= 15 is 0 Å². The molecular formula is C16H20N2O4S. The molecule has 7 heteroatoms. The summed E-state index contributed by atoms with van der Waals surface area (Å²) in [7, 11) is -0.695. The predicted octanol–water partition coefficient (Wildman–Crippen LogP) is 2.01. The first-order valence-electron chi connectivity index (χ1n) is 7.18. The largest absolute Gasteiger partial charge is 0.497 e. The molecule has 1 heterocycles. The highest BCUT2D eigenvalue weighted by molar-refractivity contribution is 7.89. The van der Waals surface area contributed by atoms with Crippen molar-refractivity contribution in [3.63, 3.8) is 0 Å². The second-order valence-electron chi connectivity index (χ2n) is 4.84. The van der Waals surface area contributed by atoms with Crippen LogP contribution in [-0.4, -0.2) is 34.2 Å². The van der Waals surface area contributed by atoms with Crippen LogP contribution in [0, 0.1) is 0 Å². The van der Waals surface area contributed by atoms with Crippen LogP contribution in [0.1, 0.15) is 12.1 Å². The monoisotopic (exact) mass is 336 g/mol. The molecule has 0 spiro atoms. The van der Waals surface area contributed by atoms with Crippen molar-refractivity contribution in [3.05, 3.63) is 48.3 Å². The summed E-state index contributed by atoms with van der Waals surface area (Å²) >= 11 is 0. The Morgan fingerprint density at radius 2 is 1.96 bits per heavy atom. The Kier molecular flexibility index (Phi) is 5.95. The van der Waals surface area contributed by atoms with Gasteiger partial charge in [0.1, 0.15) is 16.4 Å². The molecule has 1 N–H and O–H groups in total. The van der Waals surface area contributed by atoms with Gasteiger partial charge >= 0.3 is 0 Å². The van der Waals surface area contributed by atoms with Gasteiger partial charge in [-0.1, -0.05) is 6.07 Å². The van der Waals surface area contributed by atoms with E-state index in [1.807, 2.05) is 18.2 Å². The minimum Gasteiger partial charge on any atom is -0.497 e. The Labute approximate surface area is 136 Å². The van der Waals surface area contributed by atoms with Crippen LogP contribution in [0.25, 0.3) is 0 Å². The SMILES string of the molecule is COc1ccc(S(=O)(=O)NCCCc2ccccn2)c(OC)c1. The first-order valence-corrected chi connectivity index (χ1v) is 8.67. The standard InChI is InChI=1S/C16H20N2O4S/c1-21-14-8-9-16(15(12-14)22-2)23(19,20)18-11-5-7-13-6-3-4-10-17-13/h3-4,6,8-10,12,18H,5,7,11H2,1-2H3. The molecule has 6 nitrogen and oxygen atoms in total. The van der Waals surface area contributed by atoms with Crippen molar-refractivity contribution in [1.29, 1.82) is 0 Å². The molecule has 0 saturated heterocycles. The van der Waals surface area contributed by atoms with Crippen molar-refractivity contribution in [1.82, 2.24) is 9.71 Å². The van der Waals surface area contributed by atoms with E-state index in [0.29, 0.717) is 25.1 Å². The third-order valence-electron chi connectivity index (χ3n) is 3.29. The van der Waals surface area contributed by atoms with Crippen LogP contribution >= 0.6 is 0 Å². The van der Waals surface area contributed by atoms with Crippen molar-refractivity contribution in [2.45, 2.75) is 17.7 Å². The van der Waals surface area contributed by atoms with Crippen LogP contribution in [0.2, 0.25) is 0 Å². The molecule has 0 unspecified atom stereocenters. The first kappa shape index (κ1) is 17.2. The topological polar surface area (TPSA) is 77.5 Å². The van der Waals surface area contributed by atoms with E-state index in [0.717, 1.165) is 5.69 Å². The smallest absolute Gasteiger partial charge is 0.244 e. The van der Waals surface area contributed by atoms with E-state index in [1.54, 1.807) is 18.3 Å². The maximum absolute atomic E-state index is 12.4. The average molecular weight is 336 g/mol. The van der Waals surface area contributed by atoms with Gasteiger partial charge < -0.3 is 9.47 Å². The molecule has 0 radical (unpaired) electrons. The molecule has 0 aliphatic carbocycles. The van der Waals surface area contributed by atoms with E-state index in [4.69, 9.17) is 9.47 Å². The zero-order valence-corrected chi connectivity index (χ0v) is 14.0. The Morgan fingerprint density at radius 3 is 2.61 bits per heavy atom. The number of hydrogen-bond donors (Lipinski definition) is 1. The summed E-state index contributed by atoms with van der Waals surface area (Å²) in [6, 6.07) is 10.3. The number of aryl methyl sites for hydroxylation is 1. The first-order chi connectivity index (χ1) is 11.1. The maximum Gasteiger partial charge on any atom is 0.244 e. The van der Waals surface area contributed by atoms with Crippen molar-refractivity contribution < 1.29 is 17.9 Å². The van der Waals surface area contributed by atoms with E-state index in [1.165, 1.54) is 20.3 Å². The van der Waals surface area contributed by atoms with Gasteiger partial charge in [-0.2, -0.15) is 0 Å². The summed E-state index contributed by atoms with van der Waals surface area (Å²) in [5, 5.41) is 0. The van der Waals surface area contributed by atoms with E-state index < -0.39 is 10.0 Å². The number of nitrogens with one attached hydrogen (secondary N) is 1. The summed E-state index contributed by atoms with van der Waals surface area (Å²) in [4.78, 5) is 4.30. The Balaban J connectivity index is 1.99. The number of benzene rings is 1. The molecule has 124 valence electrons. The number of sulfonamides is 1. The number of methoxy groups -OCH3 is 2. The van der Waals surface area contributed by atoms with E-state index in [9.17, 15) is 8.42 Å². The van der Waals surface area contributed by atoms with Crippen molar-refractivity contribution >= 4 is 10.0 Å². The zero-order chi connectivity index (χ0) is 16.7. The molecule has 0 amide bonds. The van der Waals surface area contributed by atoms with Gasteiger partial charge in [-0.3, -0.25) is 4.98 Å². The average Bonchev–Trinajstić information content (AvgIpc) is 2.59. The molecule has 1 aromatic carbocycles. The highest BCUT2D eigenvalue weighted by atomic mass is 32.2. The molecule has 2 rings (SSSR count). The molecule has 0 aliphatic rings. The van der Waals surface area contributed by atoms with Crippen molar-refractivity contribution in [2.75, 3.05) is 20.8 Å². The quantitative estimate of drug-likeness (QED) is 0.746. The van der Waals surface area contributed by atoms with Gasteiger partial charge in [0.05, 0.1) is 14.2 Å². The fraction of sp³-hybridized carbons (Fsp3) is 0.312. The molecule has 0 atom stereocenters. The number of pyridine rings is 1. The Bertz CT molecular complexity index is 733. The minimum atomic E-state index is -3.63. The van der Waals surface area contributed by atoms with E-state index in [-0.39, 0.29) is 10.6 Å². The number of aromatic nitrogens is 1. The molecule has 2 aromatic rings. The lowest BCUT2D eigenvalue weighted by molar-refractivity contribution is 0.386. The van der Waals surface area contributed by atoms with Crippen molar-refractivity contribution in [2.24, 2.45) is 0 Å². The van der Waals surface area contributed by atoms with Crippen molar-refractivity contribution in [3.8, 4) is 11.5 Å². The fourth-order valence-electron chi connectivity index (χ4n) is 2.10. The number of nitrogens with zero attached hydrogens (tertiary/aromatic N) is 1. The van der Waals surface area contributed by atoms with E-state index in [2.05, 4.69) is 9.71 Å². The summed E-state index contributed by atoms with van der Waals surface area (Å²) in [6.07, 6.45) is 3.10. The van der Waals surface area contributed by atoms with Crippen LogP contribution in [0.3, 0.4) is 0 Å². The number of rotatable bonds is 8. The van der Waals surface area contributed by atoms with Gasteiger partial charge in [0, 0.05) is 24.5 Å². The zero-order valence-electron chi connectivity index (χ0n) is 13.2. The third kappa shape index (κ3) is 4.67. The normalized spacial score (nSPS) is 11.2. The van der Waals surface area contributed by atoms with Gasteiger partial charge in [-0.05, 0) is 37.1 Å². The highest BCUT2D eigenvalue weighted by Crippen LogP contribution is 2.28. The van der Waals surface area contributed by atoms with Crippen LogP contribution in [-0.2, 0) is 16.4 Å². The fourth-order valence-corrected chi connectivity index (χ4v) is 3.32. The lowest BCUT2D eigenvalue weighted by atomic mass is 10.2. The molecule has 0 fully saturated rings. The summed E-state index contributed by atoms with van der Waals surface area (Å²) < 4.78 is 37.5. The molecule has 0 bridgehead atoms. The molecular weight excluding hydrogens is 316 g/mol. The summed E-state index contributed by atoms with van der Waals surface area (Å²) in [6.45, 7) is 0.327. The minimum absolute atomic E-state index is 0.0960. The maximum atomic E-state index is 12.4. The Morgan fingerprint density at radius 1 is 1.13 bits per heavy atom. The Hall–Kier alpha value is -2.12. The van der Waals surface area contributed by atoms with Gasteiger partial charge in [0.25, 0.3) is 0 Å². The third-order valence-corrected chi connectivity index (χ3v) is 4.79. The van der Waals surface area contributed by atoms with Gasteiger partial charge in [-0.25, -0.2) is 13.1 Å². The molecule has 1 aromatic heterocycles. The second-order valence-corrected chi connectivity index (χ2v) is 6.57. The number of ether oxygens (including phenoxy) is 2. The van der Waals surface area contributed by atoms with Gasteiger partial charge in [0.15, 0.2) is 0 Å². The van der Waals surface area contributed by atoms with Crippen LogP contribution < -0.4 is 14.2 Å². The molecule has 23 heavy (non-hydrogen) atoms. The van der Waals surface area contributed by atoms with Crippen LogP contribution in [0.5, 0.6) is 11.5 Å². The van der Waals surface area contributed by atoms with Gasteiger partial charge in [0.2, 0.25) is 10.0 Å². The van der Waals surface area contributed by atoms with Crippen LogP contribution in [0.4, 0.5) is 0 Å².